The predicted molar refractivity (Wildman–Crippen MR) is 117 cm³/mol. The maximum atomic E-state index is 13.6. The number of amides is 1. The average Bonchev–Trinajstić information content (AvgIpc) is 2.82. The van der Waals surface area contributed by atoms with Crippen molar-refractivity contribution in [1.29, 1.82) is 0 Å². The second kappa shape index (κ2) is 9.73. The topological polar surface area (TPSA) is 50.8 Å². The highest BCUT2D eigenvalue weighted by molar-refractivity contribution is 5.88. The molecule has 1 amide bonds. The molecule has 2 aromatic carbocycles. The first-order chi connectivity index (χ1) is 14.7. The van der Waals surface area contributed by atoms with Crippen molar-refractivity contribution in [2.45, 2.75) is 31.2 Å². The largest absolute Gasteiger partial charge is 0.381 e. The Morgan fingerprint density at radius 2 is 1.60 bits per heavy atom. The van der Waals surface area contributed by atoms with Crippen LogP contribution in [0.25, 0.3) is 0 Å². The third kappa shape index (κ3) is 4.59. The van der Waals surface area contributed by atoms with Gasteiger partial charge >= 0.3 is 0 Å². The first kappa shape index (κ1) is 21.0. The van der Waals surface area contributed by atoms with Gasteiger partial charge in [0.1, 0.15) is 0 Å². The van der Waals surface area contributed by atoms with E-state index in [1.807, 2.05) is 18.2 Å². The standard InChI is InChI=1S/C25H32N2O3/c1-20-7-9-21(10-8-20)23(27-13-17-30-18-14-27)19-26-24(28)25(11-15-29-16-12-25)22-5-3-2-4-6-22/h2-10,23H,11-19H2,1H3,(H,26,28). The van der Waals surface area contributed by atoms with Crippen molar-refractivity contribution < 1.29 is 14.3 Å². The normalized spacial score (nSPS) is 20.4. The minimum atomic E-state index is -0.512. The number of carbonyl (C=O) groups is 1. The molecule has 2 saturated heterocycles. The van der Waals surface area contributed by atoms with E-state index in [-0.39, 0.29) is 11.9 Å². The van der Waals surface area contributed by atoms with Crippen LogP contribution in [-0.4, -0.2) is 56.9 Å². The van der Waals surface area contributed by atoms with E-state index in [1.165, 1.54) is 11.1 Å². The summed E-state index contributed by atoms with van der Waals surface area (Å²) in [5.41, 5.74) is 3.06. The smallest absolute Gasteiger partial charge is 0.230 e. The Balaban J connectivity index is 1.54. The molecule has 1 atom stereocenters. The Hall–Kier alpha value is -2.21. The van der Waals surface area contributed by atoms with E-state index in [0.29, 0.717) is 19.8 Å². The van der Waals surface area contributed by atoms with Crippen LogP contribution >= 0.6 is 0 Å². The number of carbonyl (C=O) groups excluding carboxylic acids is 1. The quantitative estimate of drug-likeness (QED) is 0.797. The Morgan fingerprint density at radius 1 is 0.967 bits per heavy atom. The van der Waals surface area contributed by atoms with Crippen molar-refractivity contribution in [1.82, 2.24) is 10.2 Å². The van der Waals surface area contributed by atoms with Crippen LogP contribution in [0.1, 0.15) is 35.6 Å². The summed E-state index contributed by atoms with van der Waals surface area (Å²) in [4.78, 5) is 16.0. The van der Waals surface area contributed by atoms with Crippen molar-refractivity contribution in [3.8, 4) is 0 Å². The highest BCUT2D eigenvalue weighted by Crippen LogP contribution is 2.35. The van der Waals surface area contributed by atoms with Crippen LogP contribution in [-0.2, 0) is 19.7 Å². The van der Waals surface area contributed by atoms with Gasteiger partial charge in [-0.25, -0.2) is 0 Å². The molecule has 1 N–H and O–H groups in total. The highest BCUT2D eigenvalue weighted by atomic mass is 16.5. The number of nitrogens with one attached hydrogen (secondary N) is 1. The molecule has 2 aromatic rings. The van der Waals surface area contributed by atoms with Crippen molar-refractivity contribution in [2.75, 3.05) is 46.1 Å². The molecule has 0 bridgehead atoms. The van der Waals surface area contributed by atoms with E-state index >= 15 is 0 Å². The molecule has 4 rings (SSSR count). The van der Waals surface area contributed by atoms with E-state index in [0.717, 1.165) is 44.7 Å². The fraction of sp³-hybridized carbons (Fsp3) is 0.480. The maximum Gasteiger partial charge on any atom is 0.230 e. The maximum absolute atomic E-state index is 13.6. The van der Waals surface area contributed by atoms with Gasteiger partial charge in [0.05, 0.1) is 24.7 Å². The van der Waals surface area contributed by atoms with E-state index < -0.39 is 5.41 Å². The summed E-state index contributed by atoms with van der Waals surface area (Å²) in [6, 6.07) is 19.0. The minimum absolute atomic E-state index is 0.113. The Morgan fingerprint density at radius 3 is 2.27 bits per heavy atom. The zero-order valence-corrected chi connectivity index (χ0v) is 17.8. The summed E-state index contributed by atoms with van der Waals surface area (Å²) < 4.78 is 11.2. The van der Waals surface area contributed by atoms with E-state index in [9.17, 15) is 4.79 Å². The van der Waals surface area contributed by atoms with Gasteiger partial charge in [-0.3, -0.25) is 9.69 Å². The monoisotopic (exact) mass is 408 g/mol. The van der Waals surface area contributed by atoms with Crippen LogP contribution in [0.4, 0.5) is 0 Å². The first-order valence-corrected chi connectivity index (χ1v) is 11.0. The number of benzene rings is 2. The second-order valence-electron chi connectivity index (χ2n) is 8.35. The molecule has 1 unspecified atom stereocenters. The van der Waals surface area contributed by atoms with Crippen LogP contribution in [0, 0.1) is 6.92 Å². The van der Waals surface area contributed by atoms with Crippen molar-refractivity contribution in [3.63, 3.8) is 0 Å². The molecule has 2 aliphatic rings. The molecule has 0 spiro atoms. The third-order valence-electron chi connectivity index (χ3n) is 6.51. The SMILES string of the molecule is Cc1ccc(C(CNC(=O)C2(c3ccccc3)CCOCC2)N2CCOCC2)cc1. The number of nitrogens with zero attached hydrogens (tertiary/aromatic N) is 1. The molecule has 2 heterocycles. The lowest BCUT2D eigenvalue weighted by molar-refractivity contribution is -0.130. The zero-order chi connectivity index (χ0) is 20.8. The van der Waals surface area contributed by atoms with Gasteiger partial charge in [-0.05, 0) is 30.9 Å². The van der Waals surface area contributed by atoms with Crippen molar-refractivity contribution >= 4 is 5.91 Å². The lowest BCUT2D eigenvalue weighted by Gasteiger charge is -2.38. The van der Waals surface area contributed by atoms with E-state index in [1.54, 1.807) is 0 Å². The van der Waals surface area contributed by atoms with Crippen LogP contribution in [0.15, 0.2) is 54.6 Å². The molecule has 160 valence electrons. The number of morpholine rings is 1. The lowest BCUT2D eigenvalue weighted by Crippen LogP contribution is -2.51. The number of hydrogen-bond acceptors (Lipinski definition) is 4. The molecule has 5 nitrogen and oxygen atoms in total. The predicted octanol–water partition coefficient (Wildman–Crippen LogP) is 3.23. The molecule has 0 aliphatic carbocycles. The van der Waals surface area contributed by atoms with Gasteiger partial charge in [-0.15, -0.1) is 0 Å². The second-order valence-corrected chi connectivity index (χ2v) is 8.35. The molecular formula is C25H32N2O3. The molecule has 0 radical (unpaired) electrons. The average molecular weight is 409 g/mol. The highest BCUT2D eigenvalue weighted by Gasteiger charge is 2.41. The fourth-order valence-corrected chi connectivity index (χ4v) is 4.62. The van der Waals surface area contributed by atoms with Gasteiger partial charge < -0.3 is 14.8 Å². The molecule has 2 fully saturated rings. The van der Waals surface area contributed by atoms with Gasteiger partial charge in [0.2, 0.25) is 5.91 Å². The van der Waals surface area contributed by atoms with Crippen LogP contribution < -0.4 is 5.32 Å². The fourth-order valence-electron chi connectivity index (χ4n) is 4.62. The lowest BCUT2D eigenvalue weighted by atomic mass is 9.73. The van der Waals surface area contributed by atoms with Gasteiger partial charge in [0, 0.05) is 32.8 Å². The van der Waals surface area contributed by atoms with Gasteiger partial charge in [0.25, 0.3) is 0 Å². The molecule has 5 heteroatoms. The van der Waals surface area contributed by atoms with E-state index in [4.69, 9.17) is 9.47 Å². The van der Waals surface area contributed by atoms with Crippen LogP contribution in [0.3, 0.4) is 0 Å². The summed E-state index contributed by atoms with van der Waals surface area (Å²) in [7, 11) is 0. The number of aryl methyl sites for hydroxylation is 1. The summed E-state index contributed by atoms with van der Waals surface area (Å²) in [5, 5.41) is 3.33. The molecule has 2 aliphatic heterocycles. The Bertz CT molecular complexity index is 810. The van der Waals surface area contributed by atoms with Gasteiger partial charge in [-0.1, -0.05) is 60.2 Å². The van der Waals surface area contributed by atoms with Crippen molar-refractivity contribution in [2.24, 2.45) is 0 Å². The number of ether oxygens (including phenoxy) is 2. The first-order valence-electron chi connectivity index (χ1n) is 11.0. The van der Waals surface area contributed by atoms with Crippen molar-refractivity contribution in [3.05, 3.63) is 71.3 Å². The Labute approximate surface area is 179 Å². The summed E-state index contributed by atoms with van der Waals surface area (Å²) in [6.45, 7) is 7.17. The minimum Gasteiger partial charge on any atom is -0.381 e. The van der Waals surface area contributed by atoms with Gasteiger partial charge in [0.15, 0.2) is 0 Å². The number of rotatable bonds is 6. The number of hydrogen-bond donors (Lipinski definition) is 1. The molecule has 0 saturated carbocycles. The summed E-state index contributed by atoms with van der Waals surface area (Å²) in [5.74, 6) is 0.113. The zero-order valence-electron chi connectivity index (χ0n) is 17.8. The van der Waals surface area contributed by atoms with E-state index in [2.05, 4.69) is 53.5 Å². The van der Waals surface area contributed by atoms with Crippen LogP contribution in [0.5, 0.6) is 0 Å². The molecule has 0 aromatic heterocycles. The molecule has 30 heavy (non-hydrogen) atoms. The Kier molecular flexibility index (Phi) is 6.82. The molecular weight excluding hydrogens is 376 g/mol. The summed E-state index contributed by atoms with van der Waals surface area (Å²) >= 11 is 0. The van der Waals surface area contributed by atoms with Crippen LogP contribution in [0.2, 0.25) is 0 Å². The van der Waals surface area contributed by atoms with Gasteiger partial charge in [-0.2, -0.15) is 0 Å². The summed E-state index contributed by atoms with van der Waals surface area (Å²) in [6.07, 6.45) is 1.44. The third-order valence-corrected chi connectivity index (χ3v) is 6.51.